The van der Waals surface area contributed by atoms with Crippen molar-refractivity contribution in [3.8, 4) is 0 Å². The lowest BCUT2D eigenvalue weighted by Gasteiger charge is -2.03. The van der Waals surface area contributed by atoms with Gasteiger partial charge in [-0.2, -0.15) is 0 Å². The van der Waals surface area contributed by atoms with E-state index in [4.69, 9.17) is 5.73 Å². The Labute approximate surface area is 59.2 Å². The molecule has 1 nitrogen and oxygen atoms in total. The Bertz CT molecular complexity index is 49.7. The average molecular weight is 151 g/mol. The molecule has 0 aromatic heterocycles. The van der Waals surface area contributed by atoms with E-state index in [0.29, 0.717) is 0 Å². The molecule has 3 heteroatoms. The molecule has 0 aliphatic carbocycles. The minimum atomic E-state index is 0.731. The highest BCUT2D eigenvalue weighted by Crippen LogP contribution is 2.26. The molecule has 0 radical (unpaired) electrons. The van der Waals surface area contributed by atoms with Crippen LogP contribution in [0.2, 0.25) is 0 Å². The summed E-state index contributed by atoms with van der Waals surface area (Å²) < 4.78 is 0. The van der Waals surface area contributed by atoms with Crippen molar-refractivity contribution in [2.75, 3.05) is 5.88 Å². The van der Waals surface area contributed by atoms with Crippen molar-refractivity contribution in [2.24, 2.45) is 5.73 Å². The molecule has 1 atom stereocenters. The quantitative estimate of drug-likeness (QED) is 0.492. The van der Waals surface area contributed by atoms with Gasteiger partial charge in [0.05, 0.1) is 0 Å². The standard InChI is InChI=1S/C5H13NS2/c1-3-5(2)8-7-4-6/h5H,3-4,6H2,1-2H3. The van der Waals surface area contributed by atoms with E-state index in [-0.39, 0.29) is 0 Å². The molecule has 0 aliphatic heterocycles. The van der Waals surface area contributed by atoms with Gasteiger partial charge >= 0.3 is 0 Å². The highest BCUT2D eigenvalue weighted by atomic mass is 33.1. The molecule has 0 spiro atoms. The summed E-state index contributed by atoms with van der Waals surface area (Å²) >= 11 is 0. The van der Waals surface area contributed by atoms with Crippen LogP contribution in [0.5, 0.6) is 0 Å². The van der Waals surface area contributed by atoms with Crippen LogP contribution in [0.25, 0.3) is 0 Å². The second-order valence-electron chi connectivity index (χ2n) is 1.60. The monoisotopic (exact) mass is 151 g/mol. The first-order valence-electron chi connectivity index (χ1n) is 2.79. The predicted molar refractivity (Wildman–Crippen MR) is 44.0 cm³/mol. The normalized spacial score (nSPS) is 13.9. The summed E-state index contributed by atoms with van der Waals surface area (Å²) in [4.78, 5) is 0. The second-order valence-corrected chi connectivity index (χ2v) is 4.45. The van der Waals surface area contributed by atoms with Gasteiger partial charge < -0.3 is 5.73 Å². The molecular weight excluding hydrogens is 138 g/mol. The van der Waals surface area contributed by atoms with Gasteiger partial charge in [-0.15, -0.1) is 0 Å². The van der Waals surface area contributed by atoms with E-state index in [1.54, 1.807) is 10.8 Å². The summed E-state index contributed by atoms with van der Waals surface area (Å²) in [6.07, 6.45) is 1.23. The lowest BCUT2D eigenvalue weighted by Crippen LogP contribution is -1.93. The third-order valence-electron chi connectivity index (χ3n) is 0.875. The maximum atomic E-state index is 5.27. The third-order valence-corrected chi connectivity index (χ3v) is 3.61. The predicted octanol–water partition coefficient (Wildman–Crippen LogP) is 2.08. The van der Waals surface area contributed by atoms with Crippen molar-refractivity contribution < 1.29 is 0 Å². The lowest BCUT2D eigenvalue weighted by molar-refractivity contribution is 0.912. The van der Waals surface area contributed by atoms with Crippen LogP contribution in [0.3, 0.4) is 0 Å². The van der Waals surface area contributed by atoms with Gasteiger partial charge in [0, 0.05) is 11.1 Å². The van der Waals surface area contributed by atoms with Gasteiger partial charge in [-0.3, -0.25) is 0 Å². The van der Waals surface area contributed by atoms with Crippen molar-refractivity contribution in [1.82, 2.24) is 0 Å². The van der Waals surface area contributed by atoms with Crippen LogP contribution in [-0.2, 0) is 0 Å². The highest BCUT2D eigenvalue weighted by molar-refractivity contribution is 8.76. The molecule has 0 fully saturated rings. The van der Waals surface area contributed by atoms with Crippen LogP contribution in [0, 0.1) is 0 Å². The molecule has 1 unspecified atom stereocenters. The Balaban J connectivity index is 2.86. The SMILES string of the molecule is CCC(C)SSCN. The summed E-state index contributed by atoms with van der Waals surface area (Å²) in [5, 5.41) is 0.753. The Morgan fingerprint density at radius 2 is 2.25 bits per heavy atom. The first-order chi connectivity index (χ1) is 3.81. The molecule has 2 N–H and O–H groups in total. The average Bonchev–Trinajstić information content (AvgIpc) is 1.83. The fourth-order valence-corrected chi connectivity index (χ4v) is 2.01. The topological polar surface area (TPSA) is 26.0 Å². The van der Waals surface area contributed by atoms with Gasteiger partial charge in [-0.25, -0.2) is 0 Å². The van der Waals surface area contributed by atoms with Gasteiger partial charge in [-0.05, 0) is 6.42 Å². The van der Waals surface area contributed by atoms with Crippen molar-refractivity contribution in [1.29, 1.82) is 0 Å². The molecule has 0 aromatic rings. The van der Waals surface area contributed by atoms with Crippen molar-refractivity contribution >= 4 is 21.6 Å². The fourth-order valence-electron chi connectivity index (χ4n) is 0.223. The van der Waals surface area contributed by atoms with Crippen molar-refractivity contribution in [2.45, 2.75) is 25.5 Å². The second kappa shape index (κ2) is 5.79. The Morgan fingerprint density at radius 3 is 2.62 bits per heavy atom. The summed E-state index contributed by atoms with van der Waals surface area (Å²) in [7, 11) is 3.60. The largest absolute Gasteiger partial charge is 0.321 e. The van der Waals surface area contributed by atoms with E-state index in [2.05, 4.69) is 13.8 Å². The van der Waals surface area contributed by atoms with E-state index in [0.717, 1.165) is 11.1 Å². The first kappa shape index (κ1) is 8.66. The summed E-state index contributed by atoms with van der Waals surface area (Å²) in [5.74, 6) is 0.731. The minimum Gasteiger partial charge on any atom is -0.321 e. The fraction of sp³-hybridized carbons (Fsp3) is 1.00. The van der Waals surface area contributed by atoms with Gasteiger partial charge in [0.15, 0.2) is 0 Å². The molecule has 0 rings (SSSR count). The molecule has 0 aromatic carbocycles. The molecular formula is C5H13NS2. The van der Waals surface area contributed by atoms with Gasteiger partial charge in [-0.1, -0.05) is 35.4 Å². The number of nitrogens with two attached hydrogens (primary N) is 1. The van der Waals surface area contributed by atoms with E-state index in [1.807, 2.05) is 10.8 Å². The Hall–Kier alpha value is 0.660. The lowest BCUT2D eigenvalue weighted by atomic mass is 10.4. The zero-order valence-electron chi connectivity index (χ0n) is 5.39. The van der Waals surface area contributed by atoms with Gasteiger partial charge in [0.25, 0.3) is 0 Å². The molecule has 0 saturated heterocycles. The van der Waals surface area contributed by atoms with E-state index < -0.39 is 0 Å². The Morgan fingerprint density at radius 1 is 1.62 bits per heavy atom. The van der Waals surface area contributed by atoms with Crippen LogP contribution >= 0.6 is 21.6 Å². The zero-order valence-corrected chi connectivity index (χ0v) is 7.02. The van der Waals surface area contributed by atoms with Gasteiger partial charge in [0.1, 0.15) is 0 Å². The highest BCUT2D eigenvalue weighted by Gasteiger charge is 1.95. The van der Waals surface area contributed by atoms with E-state index in [9.17, 15) is 0 Å². The maximum Gasteiger partial charge on any atom is 0.0498 e. The van der Waals surface area contributed by atoms with Crippen molar-refractivity contribution in [3.05, 3.63) is 0 Å². The number of hydrogen-bond acceptors (Lipinski definition) is 3. The minimum absolute atomic E-state index is 0.731. The maximum absolute atomic E-state index is 5.27. The van der Waals surface area contributed by atoms with Crippen molar-refractivity contribution in [3.63, 3.8) is 0 Å². The van der Waals surface area contributed by atoms with Crippen LogP contribution in [-0.4, -0.2) is 11.1 Å². The van der Waals surface area contributed by atoms with E-state index in [1.165, 1.54) is 6.42 Å². The van der Waals surface area contributed by atoms with Crippen LogP contribution in [0.1, 0.15) is 20.3 Å². The smallest absolute Gasteiger partial charge is 0.0498 e. The third kappa shape index (κ3) is 4.81. The van der Waals surface area contributed by atoms with Crippen LogP contribution in [0.4, 0.5) is 0 Å². The molecule has 50 valence electrons. The Kier molecular flexibility index (Phi) is 6.27. The number of rotatable bonds is 4. The summed E-state index contributed by atoms with van der Waals surface area (Å²) in [6.45, 7) is 4.40. The molecule has 0 bridgehead atoms. The zero-order chi connectivity index (χ0) is 6.41. The molecule has 0 amide bonds. The summed E-state index contributed by atoms with van der Waals surface area (Å²) in [6, 6.07) is 0. The first-order valence-corrected chi connectivity index (χ1v) is 5.17. The van der Waals surface area contributed by atoms with Gasteiger partial charge in [0.2, 0.25) is 0 Å². The molecule has 0 saturated carbocycles. The molecule has 0 heterocycles. The van der Waals surface area contributed by atoms with Crippen LogP contribution in [0.15, 0.2) is 0 Å². The molecule has 8 heavy (non-hydrogen) atoms. The summed E-state index contributed by atoms with van der Waals surface area (Å²) in [5.41, 5.74) is 5.27. The number of hydrogen-bond donors (Lipinski definition) is 1. The molecule has 0 aliphatic rings. The van der Waals surface area contributed by atoms with E-state index >= 15 is 0 Å². The van der Waals surface area contributed by atoms with Crippen LogP contribution < -0.4 is 5.73 Å².